The van der Waals surface area contributed by atoms with Crippen LogP contribution in [0.4, 0.5) is 4.79 Å². The van der Waals surface area contributed by atoms with E-state index < -0.39 is 23.7 Å². The van der Waals surface area contributed by atoms with Gasteiger partial charge >= 0.3 is 12.1 Å². The molecule has 7 heteroatoms. The summed E-state index contributed by atoms with van der Waals surface area (Å²) in [5.41, 5.74) is -0.175. The Hall–Kier alpha value is -2.05. The largest absolute Gasteiger partial charge is 0.479 e. The van der Waals surface area contributed by atoms with E-state index in [4.69, 9.17) is 4.74 Å². The summed E-state index contributed by atoms with van der Waals surface area (Å²) in [6.45, 7) is 7.79. The molecule has 1 saturated carbocycles. The number of carboxylic acid groups (broad SMARTS) is 1. The number of hydrogen-bond acceptors (Lipinski definition) is 4. The second-order valence-corrected chi connectivity index (χ2v) is 6.46. The summed E-state index contributed by atoms with van der Waals surface area (Å²) in [5, 5.41) is 9.67. The molecule has 0 aromatic carbocycles. The Bertz CT molecular complexity index is 557. The SMILES string of the molecule is CCn1cncc1C(C(=O)O)N(C(=O)OC(C)(C)C)C1CC1. The summed E-state index contributed by atoms with van der Waals surface area (Å²) >= 11 is 0. The number of rotatable bonds is 5. The maximum Gasteiger partial charge on any atom is 0.411 e. The summed E-state index contributed by atoms with van der Waals surface area (Å²) < 4.78 is 7.13. The summed E-state index contributed by atoms with van der Waals surface area (Å²) in [6.07, 6.45) is 4.08. The molecular formula is C15H23N3O4. The van der Waals surface area contributed by atoms with Crippen LogP contribution in [0.1, 0.15) is 52.3 Å². The van der Waals surface area contributed by atoms with Crippen molar-refractivity contribution in [3.8, 4) is 0 Å². The molecule has 1 atom stereocenters. The number of aliphatic carboxylic acids is 1. The van der Waals surface area contributed by atoms with E-state index in [0.29, 0.717) is 12.2 Å². The van der Waals surface area contributed by atoms with Crippen molar-refractivity contribution in [1.82, 2.24) is 14.5 Å². The van der Waals surface area contributed by atoms with Gasteiger partial charge in [0.25, 0.3) is 0 Å². The first-order chi connectivity index (χ1) is 10.2. The number of aromatic nitrogens is 2. The predicted molar refractivity (Wildman–Crippen MR) is 79.4 cm³/mol. The van der Waals surface area contributed by atoms with Crippen LogP contribution >= 0.6 is 0 Å². The maximum atomic E-state index is 12.5. The van der Waals surface area contributed by atoms with Gasteiger partial charge in [-0.25, -0.2) is 14.6 Å². The van der Waals surface area contributed by atoms with Gasteiger partial charge in [0.1, 0.15) is 5.60 Å². The zero-order valence-corrected chi connectivity index (χ0v) is 13.4. The number of imidazole rings is 1. The third kappa shape index (κ3) is 3.58. The van der Waals surface area contributed by atoms with E-state index in [-0.39, 0.29) is 6.04 Å². The first-order valence-corrected chi connectivity index (χ1v) is 7.48. The molecule has 1 aliphatic carbocycles. The van der Waals surface area contributed by atoms with Gasteiger partial charge in [-0.1, -0.05) is 0 Å². The molecule has 1 aromatic rings. The smallest absolute Gasteiger partial charge is 0.411 e. The van der Waals surface area contributed by atoms with Crippen LogP contribution in [0.15, 0.2) is 12.5 Å². The minimum absolute atomic E-state index is 0.0869. The first-order valence-electron chi connectivity index (χ1n) is 7.48. The zero-order chi connectivity index (χ0) is 16.5. The van der Waals surface area contributed by atoms with E-state index in [1.807, 2.05) is 6.92 Å². The molecule has 1 N–H and O–H groups in total. The number of ether oxygens (including phenoxy) is 1. The van der Waals surface area contributed by atoms with E-state index >= 15 is 0 Å². The van der Waals surface area contributed by atoms with E-state index in [1.54, 1.807) is 31.7 Å². The van der Waals surface area contributed by atoms with Gasteiger partial charge in [-0.2, -0.15) is 0 Å². The van der Waals surface area contributed by atoms with Crippen LogP contribution in [0, 0.1) is 0 Å². The number of amides is 1. The standard InChI is InChI=1S/C15H23N3O4/c1-5-17-9-16-8-11(17)12(13(19)20)18(10-6-7-10)14(21)22-15(2,3)4/h8-10,12H,5-7H2,1-4H3,(H,19,20). The molecule has 1 amide bonds. The van der Waals surface area contributed by atoms with Crippen LogP contribution in [0.2, 0.25) is 0 Å². The van der Waals surface area contributed by atoms with Crippen LogP contribution in [0.3, 0.4) is 0 Å². The Kier molecular flexibility index (Phi) is 4.44. The molecule has 1 unspecified atom stereocenters. The monoisotopic (exact) mass is 309 g/mol. The quantitative estimate of drug-likeness (QED) is 0.903. The second-order valence-electron chi connectivity index (χ2n) is 6.46. The Balaban J connectivity index is 2.35. The van der Waals surface area contributed by atoms with Crippen molar-refractivity contribution in [3.63, 3.8) is 0 Å². The van der Waals surface area contributed by atoms with Crippen molar-refractivity contribution in [2.24, 2.45) is 0 Å². The molecule has 7 nitrogen and oxygen atoms in total. The zero-order valence-electron chi connectivity index (χ0n) is 13.4. The molecule has 0 spiro atoms. The highest BCUT2D eigenvalue weighted by molar-refractivity contribution is 5.81. The van der Waals surface area contributed by atoms with Crippen molar-refractivity contribution >= 4 is 12.1 Å². The van der Waals surface area contributed by atoms with Crippen molar-refractivity contribution in [2.45, 2.75) is 64.8 Å². The predicted octanol–water partition coefficient (Wildman–Crippen LogP) is 2.43. The minimum Gasteiger partial charge on any atom is -0.479 e. The fraction of sp³-hybridized carbons (Fsp3) is 0.667. The number of hydrogen-bond donors (Lipinski definition) is 1. The third-order valence-electron chi connectivity index (χ3n) is 3.42. The van der Waals surface area contributed by atoms with E-state index in [9.17, 15) is 14.7 Å². The molecule has 1 heterocycles. The summed E-state index contributed by atoms with van der Waals surface area (Å²) in [4.78, 5) is 29.7. The van der Waals surface area contributed by atoms with Gasteiger partial charge in [-0.05, 0) is 40.5 Å². The van der Waals surface area contributed by atoms with Gasteiger partial charge in [0.05, 0.1) is 18.2 Å². The van der Waals surface area contributed by atoms with Crippen molar-refractivity contribution in [3.05, 3.63) is 18.2 Å². The van der Waals surface area contributed by atoms with Crippen molar-refractivity contribution in [2.75, 3.05) is 0 Å². The number of nitrogens with zero attached hydrogens (tertiary/aromatic N) is 3. The van der Waals surface area contributed by atoms with Gasteiger partial charge in [0, 0.05) is 12.6 Å². The molecule has 1 fully saturated rings. The molecule has 0 radical (unpaired) electrons. The first kappa shape index (κ1) is 16.3. The highest BCUT2D eigenvalue weighted by atomic mass is 16.6. The average Bonchev–Trinajstić information content (AvgIpc) is 3.10. The topological polar surface area (TPSA) is 84.7 Å². The molecule has 22 heavy (non-hydrogen) atoms. The Morgan fingerprint density at radius 3 is 2.59 bits per heavy atom. The van der Waals surface area contributed by atoms with Gasteiger partial charge in [0.2, 0.25) is 0 Å². The molecule has 0 saturated heterocycles. The third-order valence-corrected chi connectivity index (χ3v) is 3.42. The molecule has 1 aliphatic rings. The summed E-state index contributed by atoms with van der Waals surface area (Å²) in [7, 11) is 0. The van der Waals surface area contributed by atoms with Gasteiger partial charge in [-0.15, -0.1) is 0 Å². The Morgan fingerprint density at radius 1 is 1.50 bits per heavy atom. The van der Waals surface area contributed by atoms with Gasteiger partial charge in [0.15, 0.2) is 6.04 Å². The molecule has 0 aliphatic heterocycles. The van der Waals surface area contributed by atoms with Crippen molar-refractivity contribution in [1.29, 1.82) is 0 Å². The van der Waals surface area contributed by atoms with Crippen LogP contribution in [-0.4, -0.2) is 43.3 Å². The highest BCUT2D eigenvalue weighted by Gasteiger charge is 2.44. The van der Waals surface area contributed by atoms with Crippen LogP contribution in [0.5, 0.6) is 0 Å². The van der Waals surface area contributed by atoms with Gasteiger partial charge < -0.3 is 14.4 Å². The lowest BCUT2D eigenvalue weighted by Gasteiger charge is -2.31. The Morgan fingerprint density at radius 2 is 2.14 bits per heavy atom. The van der Waals surface area contributed by atoms with E-state index in [0.717, 1.165) is 12.8 Å². The summed E-state index contributed by atoms with van der Waals surface area (Å²) in [6, 6.07) is -1.17. The van der Waals surface area contributed by atoms with Crippen LogP contribution in [-0.2, 0) is 16.1 Å². The number of aryl methyl sites for hydroxylation is 1. The molecule has 122 valence electrons. The van der Waals surface area contributed by atoms with E-state index in [2.05, 4.69) is 4.98 Å². The Labute approximate surface area is 129 Å². The second kappa shape index (κ2) is 5.98. The van der Waals surface area contributed by atoms with Crippen LogP contribution < -0.4 is 0 Å². The minimum atomic E-state index is -1.08. The molecule has 1 aromatic heterocycles. The normalized spacial score (nSPS) is 16.2. The number of carbonyl (C=O) groups is 2. The average molecular weight is 309 g/mol. The maximum absolute atomic E-state index is 12.5. The number of carboxylic acids is 1. The fourth-order valence-electron chi connectivity index (χ4n) is 2.34. The number of carbonyl (C=O) groups excluding carboxylic acids is 1. The van der Waals surface area contributed by atoms with E-state index in [1.165, 1.54) is 11.1 Å². The van der Waals surface area contributed by atoms with Crippen LogP contribution in [0.25, 0.3) is 0 Å². The van der Waals surface area contributed by atoms with Crippen molar-refractivity contribution < 1.29 is 19.4 Å². The molecule has 2 rings (SSSR count). The lowest BCUT2D eigenvalue weighted by atomic mass is 10.1. The highest BCUT2D eigenvalue weighted by Crippen LogP contribution is 2.36. The summed E-state index contributed by atoms with van der Waals surface area (Å²) in [5.74, 6) is -1.08. The fourth-order valence-corrected chi connectivity index (χ4v) is 2.34. The molecule has 0 bridgehead atoms. The lowest BCUT2D eigenvalue weighted by Crippen LogP contribution is -2.44. The van der Waals surface area contributed by atoms with Gasteiger partial charge in [-0.3, -0.25) is 4.90 Å². The molecular weight excluding hydrogens is 286 g/mol. The lowest BCUT2D eigenvalue weighted by molar-refractivity contribution is -0.144.